The zero-order valence-electron chi connectivity index (χ0n) is 5.83. The Balaban J connectivity index is 3.76. The molecule has 9 heavy (non-hydrogen) atoms. The van der Waals surface area contributed by atoms with Crippen molar-refractivity contribution in [2.45, 2.75) is 0 Å². The van der Waals surface area contributed by atoms with E-state index in [1.54, 1.807) is 6.21 Å². The van der Waals surface area contributed by atoms with E-state index in [9.17, 15) is 0 Å². The second-order valence-corrected chi connectivity index (χ2v) is 1.77. The number of rotatable bonds is 3. The lowest BCUT2D eigenvalue weighted by Gasteiger charge is -2.09. The van der Waals surface area contributed by atoms with Gasteiger partial charge in [-0.15, -0.1) is 0 Å². The van der Waals surface area contributed by atoms with E-state index < -0.39 is 0 Å². The Morgan fingerprint density at radius 3 is 2.44 bits per heavy atom. The van der Waals surface area contributed by atoms with Gasteiger partial charge >= 0.3 is 0 Å². The van der Waals surface area contributed by atoms with Gasteiger partial charge in [0.1, 0.15) is 0 Å². The molecule has 0 atom stereocenters. The SMILES string of the molecule is C=N/N=C\C(=C)N(C)C. The summed E-state index contributed by atoms with van der Waals surface area (Å²) in [6.45, 7) is 6.86. The summed E-state index contributed by atoms with van der Waals surface area (Å²) in [5, 5.41) is 6.83. The first-order valence-electron chi connectivity index (χ1n) is 2.53. The summed E-state index contributed by atoms with van der Waals surface area (Å²) >= 11 is 0. The quantitative estimate of drug-likeness (QED) is 0.404. The number of nitrogens with zero attached hydrogens (tertiary/aromatic N) is 3. The van der Waals surface area contributed by atoms with Gasteiger partial charge in [-0.05, 0) is 0 Å². The van der Waals surface area contributed by atoms with Gasteiger partial charge in [-0.25, -0.2) is 0 Å². The van der Waals surface area contributed by atoms with Crippen LogP contribution in [-0.2, 0) is 0 Å². The maximum atomic E-state index is 3.68. The molecule has 50 valence electrons. The Bertz CT molecular complexity index is 135. The van der Waals surface area contributed by atoms with Gasteiger partial charge in [0.25, 0.3) is 0 Å². The molecule has 0 saturated heterocycles. The molecule has 3 nitrogen and oxygen atoms in total. The molecule has 0 aliphatic heterocycles. The third kappa shape index (κ3) is 3.46. The first kappa shape index (κ1) is 7.88. The van der Waals surface area contributed by atoms with Gasteiger partial charge in [-0.1, -0.05) is 6.58 Å². The molecule has 0 rings (SSSR count). The van der Waals surface area contributed by atoms with E-state index >= 15 is 0 Å². The molecular formula is C6H11N3. The van der Waals surface area contributed by atoms with Crippen LogP contribution in [0.2, 0.25) is 0 Å². The van der Waals surface area contributed by atoms with Crippen LogP contribution in [0.5, 0.6) is 0 Å². The van der Waals surface area contributed by atoms with Crippen molar-refractivity contribution in [1.29, 1.82) is 0 Å². The van der Waals surface area contributed by atoms with Crippen LogP contribution >= 0.6 is 0 Å². The summed E-state index contributed by atoms with van der Waals surface area (Å²) in [5.41, 5.74) is 0.808. The fourth-order valence-electron chi connectivity index (χ4n) is 0.223. The van der Waals surface area contributed by atoms with Crippen molar-refractivity contribution >= 4 is 12.9 Å². The van der Waals surface area contributed by atoms with E-state index in [1.807, 2.05) is 19.0 Å². The molecule has 0 fully saturated rings. The molecule has 0 spiro atoms. The lowest BCUT2D eigenvalue weighted by atomic mass is 10.5. The number of hydrogen-bond donors (Lipinski definition) is 0. The molecule has 0 radical (unpaired) electrons. The van der Waals surface area contributed by atoms with Crippen LogP contribution in [0.3, 0.4) is 0 Å². The van der Waals surface area contributed by atoms with Gasteiger partial charge in [0.15, 0.2) is 0 Å². The van der Waals surface area contributed by atoms with Crippen LogP contribution in [-0.4, -0.2) is 31.9 Å². The van der Waals surface area contributed by atoms with E-state index in [1.165, 1.54) is 0 Å². The fraction of sp³-hybridized carbons (Fsp3) is 0.333. The average Bonchev–Trinajstić information content (AvgIpc) is 1.82. The second kappa shape index (κ2) is 3.83. The minimum absolute atomic E-state index is 0.808. The molecular weight excluding hydrogens is 114 g/mol. The zero-order chi connectivity index (χ0) is 7.28. The number of hydrogen-bond acceptors (Lipinski definition) is 3. The molecule has 0 amide bonds. The first-order valence-corrected chi connectivity index (χ1v) is 2.53. The van der Waals surface area contributed by atoms with Crippen LogP contribution in [0, 0.1) is 0 Å². The monoisotopic (exact) mass is 125 g/mol. The van der Waals surface area contributed by atoms with Crippen molar-refractivity contribution in [2.75, 3.05) is 14.1 Å². The molecule has 0 aliphatic rings. The average molecular weight is 125 g/mol. The topological polar surface area (TPSA) is 28.0 Å². The maximum absolute atomic E-state index is 3.68. The van der Waals surface area contributed by atoms with E-state index in [0.29, 0.717) is 0 Å². The highest BCUT2D eigenvalue weighted by atomic mass is 15.2. The summed E-state index contributed by atoms with van der Waals surface area (Å²) < 4.78 is 0. The van der Waals surface area contributed by atoms with E-state index in [4.69, 9.17) is 0 Å². The Morgan fingerprint density at radius 1 is 1.56 bits per heavy atom. The Morgan fingerprint density at radius 2 is 2.11 bits per heavy atom. The van der Waals surface area contributed by atoms with Crippen molar-refractivity contribution in [2.24, 2.45) is 10.2 Å². The molecule has 0 bridgehead atoms. The predicted octanol–water partition coefficient (Wildman–Crippen LogP) is 0.748. The molecule has 0 heterocycles. The van der Waals surface area contributed by atoms with Gasteiger partial charge in [0, 0.05) is 26.5 Å². The van der Waals surface area contributed by atoms with Crippen molar-refractivity contribution in [1.82, 2.24) is 4.90 Å². The fourth-order valence-corrected chi connectivity index (χ4v) is 0.223. The van der Waals surface area contributed by atoms with Crippen LogP contribution < -0.4 is 0 Å². The third-order valence-electron chi connectivity index (χ3n) is 0.863. The summed E-state index contributed by atoms with van der Waals surface area (Å²) in [6, 6.07) is 0. The Kier molecular flexibility index (Phi) is 3.35. The van der Waals surface area contributed by atoms with Crippen molar-refractivity contribution < 1.29 is 0 Å². The second-order valence-electron chi connectivity index (χ2n) is 1.77. The summed E-state index contributed by atoms with van der Waals surface area (Å²) in [4.78, 5) is 1.84. The molecule has 0 aromatic rings. The molecule has 3 heteroatoms. The minimum atomic E-state index is 0.808. The third-order valence-corrected chi connectivity index (χ3v) is 0.863. The van der Waals surface area contributed by atoms with Crippen LogP contribution in [0.25, 0.3) is 0 Å². The smallest absolute Gasteiger partial charge is 0.0722 e. The highest BCUT2D eigenvalue weighted by molar-refractivity contribution is 5.76. The van der Waals surface area contributed by atoms with E-state index in [2.05, 4.69) is 23.5 Å². The molecule has 0 aromatic carbocycles. The number of allylic oxidation sites excluding steroid dienone is 1. The summed E-state index contributed by atoms with van der Waals surface area (Å²) in [5.74, 6) is 0. The van der Waals surface area contributed by atoms with Crippen LogP contribution in [0.1, 0.15) is 0 Å². The molecule has 0 N–H and O–H groups in total. The van der Waals surface area contributed by atoms with E-state index in [-0.39, 0.29) is 0 Å². The van der Waals surface area contributed by atoms with Crippen molar-refractivity contribution in [3.8, 4) is 0 Å². The largest absolute Gasteiger partial charge is 0.377 e. The lowest BCUT2D eigenvalue weighted by molar-refractivity contribution is 0.544. The zero-order valence-corrected chi connectivity index (χ0v) is 5.83. The van der Waals surface area contributed by atoms with E-state index in [0.717, 1.165) is 5.70 Å². The maximum Gasteiger partial charge on any atom is 0.0722 e. The van der Waals surface area contributed by atoms with Crippen LogP contribution in [0.4, 0.5) is 0 Å². The molecule has 0 saturated carbocycles. The van der Waals surface area contributed by atoms with Gasteiger partial charge in [-0.3, -0.25) is 0 Å². The highest BCUT2D eigenvalue weighted by Crippen LogP contribution is 1.87. The molecule has 0 aromatic heterocycles. The van der Waals surface area contributed by atoms with Gasteiger partial charge < -0.3 is 4.90 Å². The standard InChI is InChI=1S/C6H11N3/c1-6(9(3)4)5-8-7-2/h5H,1-2H2,3-4H3/b8-5-. The minimum Gasteiger partial charge on any atom is -0.377 e. The molecule has 0 aliphatic carbocycles. The normalized spacial score (nSPS) is 9.56. The highest BCUT2D eigenvalue weighted by Gasteiger charge is 1.87. The predicted molar refractivity (Wildman–Crippen MR) is 40.9 cm³/mol. The van der Waals surface area contributed by atoms with Gasteiger partial charge in [0.2, 0.25) is 0 Å². The molecule has 0 unspecified atom stereocenters. The lowest BCUT2D eigenvalue weighted by Crippen LogP contribution is -2.10. The van der Waals surface area contributed by atoms with Gasteiger partial charge in [-0.2, -0.15) is 10.2 Å². The van der Waals surface area contributed by atoms with Crippen molar-refractivity contribution in [3.05, 3.63) is 12.3 Å². The Labute approximate surface area is 55.4 Å². The summed E-state index contributed by atoms with van der Waals surface area (Å²) in [7, 11) is 3.77. The Hall–Kier alpha value is -1.12. The first-order chi connectivity index (χ1) is 4.18. The van der Waals surface area contributed by atoms with Crippen LogP contribution in [0.15, 0.2) is 22.5 Å². The van der Waals surface area contributed by atoms with Crippen molar-refractivity contribution in [3.63, 3.8) is 0 Å². The summed E-state index contributed by atoms with van der Waals surface area (Å²) in [6.07, 6.45) is 1.55. The van der Waals surface area contributed by atoms with Gasteiger partial charge in [0.05, 0.1) is 6.21 Å².